The normalized spacial score (nSPS) is 40.7. The number of rotatable bonds is 12. The van der Waals surface area contributed by atoms with Crippen molar-refractivity contribution in [3.05, 3.63) is 0 Å². The minimum Gasteiger partial charge on any atom is -0.481 e. The molecule has 0 aromatic carbocycles. The number of ether oxygens (including phenoxy) is 6. The van der Waals surface area contributed by atoms with Crippen LogP contribution in [0, 0.1) is 142 Å². The Morgan fingerprint density at radius 3 is 0.654 bits per heavy atom. The Morgan fingerprint density at radius 2 is 0.487 bits per heavy atom. The second kappa shape index (κ2) is 22.6. The highest BCUT2D eigenvalue weighted by atomic mass is 35.5. The molecular formula is C48H48Cl4O26. The average molecular weight is 1180 g/mol. The summed E-state index contributed by atoms with van der Waals surface area (Å²) in [7, 11) is 4.86. The summed E-state index contributed by atoms with van der Waals surface area (Å²) < 4.78 is 28.3. The number of halogens is 4. The zero-order chi connectivity index (χ0) is 58.2. The van der Waals surface area contributed by atoms with Gasteiger partial charge >= 0.3 is 71.6 Å². The second-order valence-corrected chi connectivity index (χ2v) is 22.3. The Labute approximate surface area is 459 Å². The van der Waals surface area contributed by atoms with E-state index >= 15 is 0 Å². The molecule has 8 bridgehead atoms. The lowest BCUT2D eigenvalue weighted by molar-refractivity contribution is -0.173. The molecule has 10 aliphatic rings. The van der Waals surface area contributed by atoms with Gasteiger partial charge in [0.2, 0.25) is 21.0 Å². The minimum atomic E-state index is -1.38. The third kappa shape index (κ3) is 9.60. The maximum absolute atomic E-state index is 12.1. The Bertz CT molecular complexity index is 2270. The van der Waals surface area contributed by atoms with Crippen molar-refractivity contribution in [1.29, 1.82) is 0 Å². The van der Waals surface area contributed by atoms with Crippen LogP contribution in [0.25, 0.3) is 0 Å². The van der Waals surface area contributed by atoms with E-state index in [9.17, 15) is 76.7 Å². The van der Waals surface area contributed by atoms with Gasteiger partial charge in [0, 0.05) is 23.7 Å². The van der Waals surface area contributed by atoms with E-state index in [1.54, 1.807) is 0 Å². The molecule has 8 aliphatic carbocycles. The molecule has 424 valence electrons. The number of hydrogen-bond donors (Lipinski definition) is 4. The predicted octanol–water partition coefficient (Wildman–Crippen LogP) is 0.662. The van der Waals surface area contributed by atoms with Crippen molar-refractivity contribution < 1.29 is 126 Å². The average Bonchev–Trinajstić information content (AvgIpc) is 4.42. The molecular weight excluding hydrogens is 1130 g/mol. The number of carboxylic acid groups (broad SMARTS) is 4. The maximum Gasteiger partial charge on any atom is 0.317 e. The quantitative estimate of drug-likeness (QED) is 0.0902. The summed E-state index contributed by atoms with van der Waals surface area (Å²) in [5.41, 5.74) is 0. The van der Waals surface area contributed by atoms with Crippen LogP contribution in [0.3, 0.4) is 0 Å². The van der Waals surface area contributed by atoms with Gasteiger partial charge in [0.15, 0.2) is 0 Å². The summed E-state index contributed by atoms with van der Waals surface area (Å²) in [6.45, 7) is 0. The third-order valence-electron chi connectivity index (χ3n) is 18.2. The van der Waals surface area contributed by atoms with Gasteiger partial charge in [-0.15, -0.1) is 0 Å². The summed E-state index contributed by atoms with van der Waals surface area (Å²) in [6, 6.07) is 0. The maximum atomic E-state index is 12.1. The van der Waals surface area contributed by atoms with Gasteiger partial charge < -0.3 is 48.8 Å². The van der Waals surface area contributed by atoms with Crippen LogP contribution < -0.4 is 0 Å². The first-order valence-electron chi connectivity index (χ1n) is 24.1. The third-order valence-corrected chi connectivity index (χ3v) is 19.2. The highest BCUT2D eigenvalue weighted by molar-refractivity contribution is 6.68. The van der Waals surface area contributed by atoms with Crippen LogP contribution >= 0.6 is 46.4 Å². The van der Waals surface area contributed by atoms with Crippen molar-refractivity contribution in [1.82, 2.24) is 0 Å². The second-order valence-electron chi connectivity index (χ2n) is 20.8. The highest BCUT2D eigenvalue weighted by Gasteiger charge is 2.73. The molecule has 0 aromatic heterocycles. The van der Waals surface area contributed by atoms with Crippen molar-refractivity contribution in [2.45, 2.75) is 25.7 Å². The van der Waals surface area contributed by atoms with Crippen LogP contribution in [0.5, 0.6) is 0 Å². The molecule has 30 heteroatoms. The highest BCUT2D eigenvalue weighted by Crippen LogP contribution is 2.64. The molecule has 0 radical (unpaired) electrons. The van der Waals surface area contributed by atoms with Crippen LogP contribution in [-0.4, -0.2) is 141 Å². The van der Waals surface area contributed by atoms with Gasteiger partial charge in [-0.25, -0.2) is 0 Å². The fourth-order valence-corrected chi connectivity index (χ4v) is 17.0. The van der Waals surface area contributed by atoms with E-state index in [0.29, 0.717) is 19.3 Å². The zero-order valence-electron chi connectivity index (χ0n) is 41.0. The molecule has 10 fully saturated rings. The molecule has 16 unspecified atom stereocenters. The molecule has 16 atom stereocenters. The van der Waals surface area contributed by atoms with Gasteiger partial charge in [0.1, 0.15) is 0 Å². The number of esters is 8. The van der Waals surface area contributed by atoms with E-state index < -0.39 is 223 Å². The molecule has 0 amide bonds. The lowest BCUT2D eigenvalue weighted by atomic mass is 9.68. The van der Waals surface area contributed by atoms with Crippen molar-refractivity contribution >= 4 is 139 Å². The molecule has 8 saturated carbocycles. The number of carbonyl (C=O) groups excluding carboxylic acids is 12. The Hall–Kier alpha value is -6.12. The van der Waals surface area contributed by atoms with Crippen molar-refractivity contribution in [2.75, 3.05) is 28.4 Å². The molecule has 0 aromatic rings. The topological polar surface area (TPSA) is 409 Å². The number of hydrogen-bond acceptors (Lipinski definition) is 22. The number of aliphatic carboxylic acids is 4. The van der Waals surface area contributed by atoms with Gasteiger partial charge in [-0.3, -0.25) is 76.7 Å². The van der Waals surface area contributed by atoms with Crippen molar-refractivity contribution in [3.63, 3.8) is 0 Å². The van der Waals surface area contributed by atoms with E-state index in [1.807, 2.05) is 0 Å². The summed E-state index contributed by atoms with van der Waals surface area (Å²) >= 11 is 22.0. The lowest BCUT2D eigenvalue weighted by Crippen LogP contribution is -2.48. The van der Waals surface area contributed by atoms with Gasteiger partial charge in [-0.1, -0.05) is 0 Å². The smallest absolute Gasteiger partial charge is 0.317 e. The van der Waals surface area contributed by atoms with E-state index in [4.69, 9.17) is 85.8 Å². The summed E-state index contributed by atoms with van der Waals surface area (Å²) in [5, 5.41) is 33.3. The molecule has 2 heterocycles. The van der Waals surface area contributed by atoms with Crippen LogP contribution in [0.4, 0.5) is 0 Å². The Balaban J connectivity index is 0.000000151. The largest absolute Gasteiger partial charge is 0.481 e. The number of carboxylic acids is 4. The predicted molar refractivity (Wildman–Crippen MR) is 246 cm³/mol. The van der Waals surface area contributed by atoms with Crippen LogP contribution in [0.1, 0.15) is 25.7 Å². The molecule has 2 saturated heterocycles. The van der Waals surface area contributed by atoms with Crippen LogP contribution in [-0.2, 0) is 105 Å². The fraction of sp³-hybridized carbons (Fsp3) is 0.667. The molecule has 26 nitrogen and oxygen atoms in total. The lowest BCUT2D eigenvalue weighted by Gasteiger charge is -2.35. The Kier molecular flexibility index (Phi) is 17.2. The van der Waals surface area contributed by atoms with Crippen molar-refractivity contribution in [3.8, 4) is 0 Å². The first-order valence-corrected chi connectivity index (χ1v) is 25.6. The fourth-order valence-electron chi connectivity index (χ4n) is 15.8. The SMILES string of the molecule is COC(=O)C1C2CC(C1C(=O)OC)C(C(=O)OC)C2C(=O)OC.O=C(Cl)C1C2CC(C1C(=O)Cl)C(C(=O)Cl)C2C(=O)Cl.O=C(O)C1C2CC(C1C(=O)O)C(C(=O)O)C2C(=O)O.O=C1OC(=O)C2C3CC(C12)C1C(=O)OC(=O)C31. The van der Waals surface area contributed by atoms with E-state index in [2.05, 4.69) is 9.47 Å². The summed E-state index contributed by atoms with van der Waals surface area (Å²) in [4.78, 5) is 185. The van der Waals surface area contributed by atoms with Crippen LogP contribution in [0.2, 0.25) is 0 Å². The molecule has 0 spiro atoms. The molecule has 4 N–H and O–H groups in total. The Morgan fingerprint density at radius 1 is 0.321 bits per heavy atom. The molecule has 2 aliphatic heterocycles. The first-order chi connectivity index (χ1) is 36.6. The van der Waals surface area contributed by atoms with E-state index in [0.717, 1.165) is 0 Å². The zero-order valence-corrected chi connectivity index (χ0v) is 44.0. The summed E-state index contributed by atoms with van der Waals surface area (Å²) in [5.74, 6) is -28.9. The van der Waals surface area contributed by atoms with Gasteiger partial charge in [-0.2, -0.15) is 0 Å². The van der Waals surface area contributed by atoms with Crippen LogP contribution in [0.15, 0.2) is 0 Å². The number of methoxy groups -OCH3 is 4. The number of fused-ring (bicyclic) bond motifs is 14. The minimum absolute atomic E-state index is 0.0157. The molecule has 10 rings (SSSR count). The monoisotopic (exact) mass is 1180 g/mol. The summed E-state index contributed by atoms with van der Waals surface area (Å²) in [6.07, 6.45) is 1.27. The standard InChI is InChI=1S/C15H20O8.C11H8Cl4O4.C11H12O8.C11H8O6/c1-20-12(16)8-6-5-7(9(8)13(17)21-2)11(15(19)23-4)10(6)14(18)22-3;12-8(16)4-2-1-3(6(4)10(14)18)7(11(15)19)5(2)9(13)17;12-8(13)4-2-1-3(6(4)10(16)17)7(11(18)19)5(2)9(14)15;12-8-4-2-1-3(6(4)10(14)16-8)7-5(2)9(13)17-11(7)15/h6-11H,5H2,1-4H3;2-7H,1H2;2-7H,1H2,(H,12,13)(H,14,15)(H,16,17)(H,18,19);2-7H,1H2. The van der Waals surface area contributed by atoms with Gasteiger partial charge in [0.25, 0.3) is 0 Å². The number of carbonyl (C=O) groups is 16. The van der Waals surface area contributed by atoms with E-state index in [-0.39, 0.29) is 18.3 Å². The molecule has 78 heavy (non-hydrogen) atoms. The van der Waals surface area contributed by atoms with Gasteiger partial charge in [-0.05, 0) is 119 Å². The first kappa shape index (κ1) is 59.5. The van der Waals surface area contributed by atoms with Crippen molar-refractivity contribution in [2.24, 2.45) is 142 Å². The van der Waals surface area contributed by atoms with E-state index in [1.165, 1.54) is 28.4 Å². The van der Waals surface area contributed by atoms with Gasteiger partial charge in [0.05, 0.1) is 99.5 Å². The number of cyclic esters (lactones) is 4.